The van der Waals surface area contributed by atoms with Crippen molar-refractivity contribution in [3.05, 3.63) is 107 Å². The number of methoxy groups -OCH3 is 1. The number of benzene rings is 2. The number of anilines is 2. The molecule has 210 valence electrons. The van der Waals surface area contributed by atoms with Gasteiger partial charge in [0.05, 0.1) is 23.3 Å². The van der Waals surface area contributed by atoms with Gasteiger partial charge in [0.25, 0.3) is 0 Å². The highest BCUT2D eigenvalue weighted by atomic mass is 32.1. The topological polar surface area (TPSA) is 109 Å². The molecule has 1 amide bonds. The number of nitrogens with one attached hydrogen (secondary N) is 2. The van der Waals surface area contributed by atoms with Gasteiger partial charge in [0.2, 0.25) is 5.91 Å². The Morgan fingerprint density at radius 2 is 1.78 bits per heavy atom. The fourth-order valence-electron chi connectivity index (χ4n) is 5.44. The Balaban J connectivity index is 1.59. The lowest BCUT2D eigenvalue weighted by Gasteiger charge is -2.29. The number of aromatic carboxylic acids is 1. The second-order valence-electron chi connectivity index (χ2n) is 9.99. The molecule has 0 saturated carbocycles. The number of ether oxygens (including phenoxy) is 1. The van der Waals surface area contributed by atoms with Crippen LogP contribution in [0.4, 0.5) is 11.4 Å². The molecule has 1 aliphatic rings. The van der Waals surface area contributed by atoms with Crippen LogP contribution in [0, 0.1) is 20.8 Å². The molecule has 1 aliphatic heterocycles. The first-order valence-corrected chi connectivity index (χ1v) is 13.5. The summed E-state index contributed by atoms with van der Waals surface area (Å²) in [5.74, 6) is -1.18. The zero-order chi connectivity index (χ0) is 29.3. The molecule has 3 N–H and O–H groups in total. The molecule has 1 fully saturated rings. The van der Waals surface area contributed by atoms with Gasteiger partial charge in [-0.1, -0.05) is 6.07 Å². The van der Waals surface area contributed by atoms with E-state index in [1.165, 1.54) is 7.11 Å². The minimum atomic E-state index is -0.961. The minimum Gasteiger partial charge on any atom is -0.478 e. The van der Waals surface area contributed by atoms with E-state index < -0.39 is 5.97 Å². The summed E-state index contributed by atoms with van der Waals surface area (Å²) in [5.41, 5.74) is 7.51. The zero-order valence-corrected chi connectivity index (χ0v) is 24.0. The molecular formula is C31H31N5O4S. The van der Waals surface area contributed by atoms with Crippen molar-refractivity contribution in [1.29, 1.82) is 0 Å². The lowest BCUT2D eigenvalue weighted by Crippen LogP contribution is -2.29. The Hall–Kier alpha value is -4.54. The van der Waals surface area contributed by atoms with Gasteiger partial charge in [-0.3, -0.25) is 9.78 Å². The maximum atomic E-state index is 12.1. The molecule has 2 atom stereocenters. The molecule has 4 aromatic rings. The highest BCUT2D eigenvalue weighted by molar-refractivity contribution is 7.80. The third kappa shape index (κ3) is 5.44. The van der Waals surface area contributed by atoms with Crippen LogP contribution in [0.25, 0.3) is 5.69 Å². The first-order valence-electron chi connectivity index (χ1n) is 13.1. The molecule has 2 aromatic heterocycles. The molecule has 41 heavy (non-hydrogen) atoms. The lowest BCUT2D eigenvalue weighted by atomic mass is 9.96. The Labute approximate surface area is 243 Å². The summed E-state index contributed by atoms with van der Waals surface area (Å²) in [7, 11) is 1.48. The molecule has 5 rings (SSSR count). The van der Waals surface area contributed by atoms with Gasteiger partial charge < -0.3 is 29.9 Å². The molecular weight excluding hydrogens is 538 g/mol. The first kappa shape index (κ1) is 28.0. The summed E-state index contributed by atoms with van der Waals surface area (Å²) in [6.07, 6.45) is 1.77. The average molecular weight is 570 g/mol. The first-order chi connectivity index (χ1) is 19.7. The average Bonchev–Trinajstić information content (AvgIpc) is 3.45. The second kappa shape index (κ2) is 11.5. The smallest absolute Gasteiger partial charge is 0.335 e. The van der Waals surface area contributed by atoms with Crippen molar-refractivity contribution >= 4 is 40.6 Å². The van der Waals surface area contributed by atoms with Gasteiger partial charge in [-0.25, -0.2) is 4.79 Å². The van der Waals surface area contributed by atoms with Gasteiger partial charge in [0.15, 0.2) is 5.11 Å². The minimum absolute atomic E-state index is 0.0240. The number of nitrogens with zero attached hydrogens (tertiary/aromatic N) is 3. The Morgan fingerprint density at radius 1 is 1.05 bits per heavy atom. The van der Waals surface area contributed by atoms with E-state index in [9.17, 15) is 14.7 Å². The van der Waals surface area contributed by atoms with Crippen LogP contribution in [0.5, 0.6) is 0 Å². The SMILES string of the molecule is COCC(=O)Nc1ccc(N2C(=S)N[C@@H](c3ccccn3)[C@@H]2c2cc(C)n(-c3ccc(C(=O)O)cc3)c2C)cc1C. The molecule has 0 unspecified atom stereocenters. The van der Waals surface area contributed by atoms with Crippen LogP contribution in [0.15, 0.2) is 72.9 Å². The quantitative estimate of drug-likeness (QED) is 0.247. The number of carbonyl (C=O) groups is 2. The molecule has 10 heteroatoms. The number of carboxylic acids is 1. The normalized spacial score (nSPS) is 16.5. The maximum Gasteiger partial charge on any atom is 0.335 e. The monoisotopic (exact) mass is 569 g/mol. The summed E-state index contributed by atoms with van der Waals surface area (Å²) >= 11 is 5.91. The predicted molar refractivity (Wildman–Crippen MR) is 162 cm³/mol. The van der Waals surface area contributed by atoms with Crippen molar-refractivity contribution in [3.8, 4) is 5.69 Å². The fourth-order valence-corrected chi connectivity index (χ4v) is 5.79. The largest absolute Gasteiger partial charge is 0.478 e. The molecule has 0 bridgehead atoms. The van der Waals surface area contributed by atoms with Gasteiger partial charge >= 0.3 is 5.97 Å². The molecule has 0 aliphatic carbocycles. The second-order valence-corrected chi connectivity index (χ2v) is 10.4. The van der Waals surface area contributed by atoms with Crippen LogP contribution in [-0.4, -0.2) is 45.4 Å². The van der Waals surface area contributed by atoms with Crippen LogP contribution in [-0.2, 0) is 9.53 Å². The van der Waals surface area contributed by atoms with E-state index in [1.807, 2.05) is 62.4 Å². The van der Waals surface area contributed by atoms with E-state index in [4.69, 9.17) is 17.0 Å². The van der Waals surface area contributed by atoms with Gasteiger partial charge in [0, 0.05) is 41.8 Å². The van der Waals surface area contributed by atoms with Crippen molar-refractivity contribution in [2.24, 2.45) is 0 Å². The van der Waals surface area contributed by atoms with Crippen molar-refractivity contribution in [1.82, 2.24) is 14.9 Å². The number of rotatable bonds is 8. The summed E-state index contributed by atoms with van der Waals surface area (Å²) in [5, 5.41) is 16.3. The highest BCUT2D eigenvalue weighted by Crippen LogP contribution is 2.44. The van der Waals surface area contributed by atoms with Crippen LogP contribution in [0.3, 0.4) is 0 Å². The van der Waals surface area contributed by atoms with Gasteiger partial charge in [0.1, 0.15) is 6.61 Å². The van der Waals surface area contributed by atoms with Crippen molar-refractivity contribution in [2.45, 2.75) is 32.9 Å². The number of amides is 1. The lowest BCUT2D eigenvalue weighted by molar-refractivity contribution is -0.119. The predicted octanol–water partition coefficient (Wildman–Crippen LogP) is 5.26. The van der Waals surface area contributed by atoms with E-state index in [0.717, 1.165) is 39.6 Å². The number of aromatic nitrogens is 2. The molecule has 0 spiro atoms. The molecule has 2 aromatic carbocycles. The Bertz CT molecular complexity index is 1620. The van der Waals surface area contributed by atoms with Gasteiger partial charge in [-0.05, 0) is 105 Å². The number of carbonyl (C=O) groups excluding carboxylic acids is 1. The van der Waals surface area contributed by atoms with Gasteiger partial charge in [-0.2, -0.15) is 0 Å². The van der Waals surface area contributed by atoms with Crippen LogP contribution >= 0.6 is 12.2 Å². The summed E-state index contributed by atoms with van der Waals surface area (Å²) in [4.78, 5) is 30.3. The Kier molecular flexibility index (Phi) is 7.87. The third-order valence-corrected chi connectivity index (χ3v) is 7.61. The standard InChI is InChI=1S/C31H31N5O4S/c1-18-15-23(12-13-25(18)33-27(37)17-40-4)36-29(28(34-31(36)41)26-7-5-6-14-32-26)24-16-19(2)35(20(24)3)22-10-8-21(9-11-22)30(38)39/h5-16,28-29H,17H2,1-4H3,(H,33,37)(H,34,41)(H,38,39)/t28-,29-/m0/s1. The summed E-state index contributed by atoms with van der Waals surface area (Å²) < 4.78 is 7.06. The third-order valence-electron chi connectivity index (χ3n) is 7.30. The van der Waals surface area contributed by atoms with E-state index in [1.54, 1.807) is 18.3 Å². The van der Waals surface area contributed by atoms with Crippen LogP contribution in [0.1, 0.15) is 50.7 Å². The van der Waals surface area contributed by atoms with Crippen molar-refractivity contribution in [3.63, 3.8) is 0 Å². The van der Waals surface area contributed by atoms with Crippen molar-refractivity contribution < 1.29 is 19.4 Å². The number of thiocarbonyl (C=S) groups is 1. The van der Waals surface area contributed by atoms with E-state index in [2.05, 4.69) is 38.1 Å². The maximum absolute atomic E-state index is 12.1. The zero-order valence-electron chi connectivity index (χ0n) is 23.2. The molecule has 0 radical (unpaired) electrons. The number of carboxylic acid groups (broad SMARTS) is 1. The van der Waals surface area contributed by atoms with E-state index >= 15 is 0 Å². The van der Waals surface area contributed by atoms with Crippen LogP contribution in [0.2, 0.25) is 0 Å². The van der Waals surface area contributed by atoms with E-state index in [-0.39, 0.29) is 30.2 Å². The number of hydrogen-bond donors (Lipinski definition) is 3. The Morgan fingerprint density at radius 3 is 2.41 bits per heavy atom. The summed E-state index contributed by atoms with van der Waals surface area (Å²) in [6.45, 7) is 6.01. The molecule has 1 saturated heterocycles. The number of pyridine rings is 1. The highest BCUT2D eigenvalue weighted by Gasteiger charge is 2.42. The van der Waals surface area contributed by atoms with Crippen molar-refractivity contribution in [2.75, 3.05) is 23.9 Å². The molecule has 9 nitrogen and oxygen atoms in total. The summed E-state index contributed by atoms with van der Waals surface area (Å²) in [6, 6.07) is 20.2. The number of aryl methyl sites for hydroxylation is 2. The fraction of sp³-hybridized carbons (Fsp3) is 0.226. The van der Waals surface area contributed by atoms with E-state index in [0.29, 0.717) is 10.8 Å². The van der Waals surface area contributed by atoms with Crippen LogP contribution < -0.4 is 15.5 Å². The molecule has 3 heterocycles. The number of hydrogen-bond acceptors (Lipinski definition) is 5. The van der Waals surface area contributed by atoms with Gasteiger partial charge in [-0.15, -0.1) is 0 Å².